The SMILES string of the molecule is CC1=CC[C@@H](N[C@@H](C)c2cc(C)oc2C)CC1. The van der Waals surface area contributed by atoms with Crippen molar-refractivity contribution in [2.24, 2.45) is 0 Å². The lowest BCUT2D eigenvalue weighted by Crippen LogP contribution is -2.32. The summed E-state index contributed by atoms with van der Waals surface area (Å²) in [6, 6.07) is 3.14. The van der Waals surface area contributed by atoms with Crippen LogP contribution in [0.2, 0.25) is 0 Å². The van der Waals surface area contributed by atoms with Crippen molar-refractivity contribution in [2.75, 3.05) is 0 Å². The molecule has 17 heavy (non-hydrogen) atoms. The Bertz CT molecular complexity index is 417. The van der Waals surface area contributed by atoms with Gasteiger partial charge in [0.05, 0.1) is 0 Å². The van der Waals surface area contributed by atoms with Gasteiger partial charge in [0, 0.05) is 17.6 Å². The van der Waals surface area contributed by atoms with E-state index in [1.165, 1.54) is 24.0 Å². The maximum atomic E-state index is 5.59. The molecule has 2 heteroatoms. The average Bonchev–Trinajstić information content (AvgIpc) is 2.61. The minimum Gasteiger partial charge on any atom is -0.466 e. The lowest BCUT2D eigenvalue weighted by molar-refractivity contribution is 0.414. The quantitative estimate of drug-likeness (QED) is 0.797. The van der Waals surface area contributed by atoms with Gasteiger partial charge in [-0.25, -0.2) is 0 Å². The molecule has 2 atom stereocenters. The Labute approximate surface area is 104 Å². The van der Waals surface area contributed by atoms with Crippen molar-refractivity contribution in [3.8, 4) is 0 Å². The van der Waals surface area contributed by atoms with Gasteiger partial charge in [-0.3, -0.25) is 0 Å². The molecule has 0 aromatic carbocycles. The highest BCUT2D eigenvalue weighted by Gasteiger charge is 2.18. The van der Waals surface area contributed by atoms with E-state index in [0.717, 1.165) is 17.9 Å². The molecule has 1 aromatic rings. The standard InChI is InChI=1S/C15H23NO/c1-10-5-7-14(8-6-10)16-12(3)15-9-11(2)17-13(15)4/h5,9,12,14,16H,6-8H2,1-4H3/t12-,14+/m0/s1. The lowest BCUT2D eigenvalue weighted by atomic mass is 9.95. The van der Waals surface area contributed by atoms with E-state index in [2.05, 4.69) is 31.3 Å². The first-order chi connectivity index (χ1) is 8.06. The van der Waals surface area contributed by atoms with E-state index in [9.17, 15) is 0 Å². The largest absolute Gasteiger partial charge is 0.466 e. The van der Waals surface area contributed by atoms with Crippen LogP contribution in [0.15, 0.2) is 22.1 Å². The average molecular weight is 233 g/mol. The van der Waals surface area contributed by atoms with Crippen molar-refractivity contribution >= 4 is 0 Å². The first-order valence-corrected chi connectivity index (χ1v) is 6.55. The Morgan fingerprint density at radius 3 is 2.65 bits per heavy atom. The van der Waals surface area contributed by atoms with E-state index in [0.29, 0.717) is 12.1 Å². The van der Waals surface area contributed by atoms with Crippen LogP contribution < -0.4 is 5.32 Å². The summed E-state index contributed by atoms with van der Waals surface area (Å²) in [4.78, 5) is 0. The number of furan rings is 1. The third-order valence-electron chi connectivity index (χ3n) is 3.67. The maximum absolute atomic E-state index is 5.59. The van der Waals surface area contributed by atoms with E-state index in [4.69, 9.17) is 4.42 Å². The van der Waals surface area contributed by atoms with Crippen molar-refractivity contribution in [1.82, 2.24) is 5.32 Å². The number of hydrogen-bond acceptors (Lipinski definition) is 2. The molecular weight excluding hydrogens is 210 g/mol. The van der Waals surface area contributed by atoms with Crippen molar-refractivity contribution in [3.63, 3.8) is 0 Å². The number of allylic oxidation sites excluding steroid dienone is 1. The van der Waals surface area contributed by atoms with Gasteiger partial charge in [-0.05, 0) is 53.0 Å². The van der Waals surface area contributed by atoms with Gasteiger partial charge in [-0.15, -0.1) is 0 Å². The zero-order valence-electron chi connectivity index (χ0n) is 11.3. The third-order valence-corrected chi connectivity index (χ3v) is 3.67. The zero-order valence-corrected chi connectivity index (χ0v) is 11.3. The summed E-state index contributed by atoms with van der Waals surface area (Å²) in [5.74, 6) is 2.05. The normalized spacial score (nSPS) is 22.4. The van der Waals surface area contributed by atoms with Gasteiger partial charge in [-0.1, -0.05) is 11.6 Å². The van der Waals surface area contributed by atoms with Gasteiger partial charge >= 0.3 is 0 Å². The predicted molar refractivity (Wildman–Crippen MR) is 71.1 cm³/mol. The molecule has 0 aliphatic heterocycles. The molecule has 2 nitrogen and oxygen atoms in total. The van der Waals surface area contributed by atoms with Crippen molar-refractivity contribution in [2.45, 2.75) is 59.0 Å². The predicted octanol–water partition coefficient (Wildman–Crippen LogP) is 4.05. The number of nitrogens with one attached hydrogen (secondary N) is 1. The Morgan fingerprint density at radius 1 is 1.35 bits per heavy atom. The van der Waals surface area contributed by atoms with Crippen LogP contribution in [-0.4, -0.2) is 6.04 Å². The first-order valence-electron chi connectivity index (χ1n) is 6.55. The zero-order chi connectivity index (χ0) is 12.4. The summed E-state index contributed by atoms with van der Waals surface area (Å²) in [6.45, 7) is 8.51. The summed E-state index contributed by atoms with van der Waals surface area (Å²) in [5, 5.41) is 3.71. The Kier molecular flexibility index (Phi) is 3.72. The van der Waals surface area contributed by atoms with Crippen LogP contribution in [0.4, 0.5) is 0 Å². The van der Waals surface area contributed by atoms with Crippen LogP contribution in [0.5, 0.6) is 0 Å². The molecule has 1 aliphatic carbocycles. The van der Waals surface area contributed by atoms with E-state index in [-0.39, 0.29) is 0 Å². The van der Waals surface area contributed by atoms with Crippen LogP contribution in [0.25, 0.3) is 0 Å². The van der Waals surface area contributed by atoms with Gasteiger partial charge in [-0.2, -0.15) is 0 Å². The van der Waals surface area contributed by atoms with Crippen molar-refractivity contribution in [3.05, 3.63) is 34.8 Å². The molecule has 2 rings (SSSR count). The smallest absolute Gasteiger partial charge is 0.105 e. The molecule has 1 N–H and O–H groups in total. The van der Waals surface area contributed by atoms with Gasteiger partial charge in [0.25, 0.3) is 0 Å². The minimum atomic E-state index is 0.379. The number of hydrogen-bond donors (Lipinski definition) is 1. The first kappa shape index (κ1) is 12.4. The van der Waals surface area contributed by atoms with Crippen LogP contribution in [0, 0.1) is 13.8 Å². The van der Waals surface area contributed by atoms with Gasteiger partial charge in [0.1, 0.15) is 11.5 Å². The molecule has 0 fully saturated rings. The number of rotatable bonds is 3. The fourth-order valence-corrected chi connectivity index (χ4v) is 2.64. The molecular formula is C15H23NO. The van der Waals surface area contributed by atoms with Crippen LogP contribution >= 0.6 is 0 Å². The molecule has 0 spiro atoms. The van der Waals surface area contributed by atoms with Crippen LogP contribution in [-0.2, 0) is 0 Å². The summed E-state index contributed by atoms with van der Waals surface area (Å²) in [7, 11) is 0. The Balaban J connectivity index is 1.97. The summed E-state index contributed by atoms with van der Waals surface area (Å²) >= 11 is 0. The Hall–Kier alpha value is -1.02. The third kappa shape index (κ3) is 3.01. The van der Waals surface area contributed by atoms with E-state index >= 15 is 0 Å². The highest BCUT2D eigenvalue weighted by molar-refractivity contribution is 5.23. The molecule has 1 aliphatic rings. The Morgan fingerprint density at radius 2 is 2.12 bits per heavy atom. The minimum absolute atomic E-state index is 0.379. The molecule has 0 radical (unpaired) electrons. The fourth-order valence-electron chi connectivity index (χ4n) is 2.64. The van der Waals surface area contributed by atoms with Gasteiger partial charge in [0.15, 0.2) is 0 Å². The second-order valence-corrected chi connectivity index (χ2v) is 5.28. The molecule has 0 saturated heterocycles. The summed E-state index contributed by atoms with van der Waals surface area (Å²) in [5.41, 5.74) is 2.83. The van der Waals surface area contributed by atoms with Crippen LogP contribution in [0.1, 0.15) is 56.2 Å². The molecule has 0 unspecified atom stereocenters. The van der Waals surface area contributed by atoms with Crippen molar-refractivity contribution < 1.29 is 4.42 Å². The lowest BCUT2D eigenvalue weighted by Gasteiger charge is -2.25. The molecule has 0 amide bonds. The highest BCUT2D eigenvalue weighted by atomic mass is 16.3. The highest BCUT2D eigenvalue weighted by Crippen LogP contribution is 2.24. The van der Waals surface area contributed by atoms with Gasteiger partial charge in [0.2, 0.25) is 0 Å². The van der Waals surface area contributed by atoms with Crippen molar-refractivity contribution in [1.29, 1.82) is 0 Å². The summed E-state index contributed by atoms with van der Waals surface area (Å²) in [6.07, 6.45) is 6.00. The molecule has 0 saturated carbocycles. The van der Waals surface area contributed by atoms with E-state index in [1.54, 1.807) is 0 Å². The monoisotopic (exact) mass is 233 g/mol. The number of aryl methyl sites for hydroxylation is 2. The molecule has 94 valence electrons. The second kappa shape index (κ2) is 5.09. The molecule has 0 bridgehead atoms. The topological polar surface area (TPSA) is 25.2 Å². The maximum Gasteiger partial charge on any atom is 0.105 e. The van der Waals surface area contributed by atoms with E-state index in [1.807, 2.05) is 13.8 Å². The van der Waals surface area contributed by atoms with E-state index < -0.39 is 0 Å². The summed E-state index contributed by atoms with van der Waals surface area (Å²) < 4.78 is 5.59. The molecule has 1 heterocycles. The van der Waals surface area contributed by atoms with Crippen LogP contribution in [0.3, 0.4) is 0 Å². The fraction of sp³-hybridized carbons (Fsp3) is 0.600. The van der Waals surface area contributed by atoms with Gasteiger partial charge < -0.3 is 9.73 Å². The molecule has 1 aromatic heterocycles. The second-order valence-electron chi connectivity index (χ2n) is 5.28.